The molecule has 0 saturated heterocycles. The van der Waals surface area contributed by atoms with Crippen LogP contribution in [0.15, 0.2) is 24.3 Å². The van der Waals surface area contributed by atoms with Crippen molar-refractivity contribution in [3.63, 3.8) is 0 Å². The van der Waals surface area contributed by atoms with Crippen molar-refractivity contribution < 1.29 is 9.47 Å². The van der Waals surface area contributed by atoms with E-state index in [-0.39, 0.29) is 6.10 Å². The van der Waals surface area contributed by atoms with E-state index in [1.807, 2.05) is 31.2 Å². The van der Waals surface area contributed by atoms with Gasteiger partial charge in [-0.15, -0.1) is 0 Å². The molecule has 108 valence electrons. The third-order valence-corrected chi connectivity index (χ3v) is 2.82. The summed E-state index contributed by atoms with van der Waals surface area (Å²) in [6, 6.07) is 7.84. The van der Waals surface area contributed by atoms with Crippen molar-refractivity contribution in [2.75, 3.05) is 25.6 Å². The van der Waals surface area contributed by atoms with Crippen LogP contribution in [0.1, 0.15) is 20.3 Å². The second-order valence-electron chi connectivity index (χ2n) is 4.68. The molecule has 0 aliphatic heterocycles. The lowest BCUT2D eigenvalue weighted by molar-refractivity contribution is 0.0901. The summed E-state index contributed by atoms with van der Waals surface area (Å²) in [6.45, 7) is 5.42. The van der Waals surface area contributed by atoms with Gasteiger partial charge in [-0.05, 0) is 25.5 Å². The van der Waals surface area contributed by atoms with Crippen molar-refractivity contribution in [1.82, 2.24) is 9.97 Å². The molecule has 0 saturated carbocycles. The highest BCUT2D eigenvalue weighted by Crippen LogP contribution is 2.24. The first-order valence-electron chi connectivity index (χ1n) is 6.90. The van der Waals surface area contributed by atoms with Crippen LogP contribution in [-0.2, 0) is 4.74 Å². The molecule has 0 radical (unpaired) electrons. The summed E-state index contributed by atoms with van der Waals surface area (Å²) < 4.78 is 11.0. The van der Waals surface area contributed by atoms with Gasteiger partial charge in [-0.2, -0.15) is 4.98 Å². The van der Waals surface area contributed by atoms with Gasteiger partial charge >= 0.3 is 0 Å². The number of para-hydroxylation sites is 1. The average molecular weight is 275 g/mol. The van der Waals surface area contributed by atoms with Gasteiger partial charge < -0.3 is 14.8 Å². The number of aromatic nitrogens is 2. The molecule has 1 aromatic heterocycles. The Morgan fingerprint density at radius 3 is 2.80 bits per heavy atom. The van der Waals surface area contributed by atoms with Gasteiger partial charge in [0, 0.05) is 13.7 Å². The van der Waals surface area contributed by atoms with Crippen LogP contribution in [0.25, 0.3) is 10.9 Å². The number of anilines is 1. The van der Waals surface area contributed by atoms with Gasteiger partial charge in [0.05, 0.1) is 17.5 Å². The molecule has 5 nitrogen and oxygen atoms in total. The van der Waals surface area contributed by atoms with E-state index < -0.39 is 0 Å². The van der Waals surface area contributed by atoms with Gasteiger partial charge in [0.2, 0.25) is 11.8 Å². The normalized spacial score (nSPS) is 12.3. The lowest BCUT2D eigenvalue weighted by Crippen LogP contribution is -2.19. The fraction of sp³-hybridized carbons (Fsp3) is 0.467. The Morgan fingerprint density at radius 1 is 1.25 bits per heavy atom. The molecule has 5 heteroatoms. The molecule has 1 aromatic carbocycles. The third kappa shape index (κ3) is 3.57. The molecule has 1 unspecified atom stereocenters. The Hall–Kier alpha value is -1.88. The highest BCUT2D eigenvalue weighted by molar-refractivity contribution is 5.84. The highest BCUT2D eigenvalue weighted by atomic mass is 16.5. The zero-order valence-electron chi connectivity index (χ0n) is 12.2. The van der Waals surface area contributed by atoms with Crippen molar-refractivity contribution in [2.24, 2.45) is 0 Å². The van der Waals surface area contributed by atoms with Gasteiger partial charge in [-0.25, -0.2) is 4.98 Å². The molecule has 0 aliphatic rings. The van der Waals surface area contributed by atoms with Crippen molar-refractivity contribution >= 4 is 16.9 Å². The van der Waals surface area contributed by atoms with Crippen molar-refractivity contribution in [3.8, 4) is 5.88 Å². The molecule has 0 aliphatic carbocycles. The van der Waals surface area contributed by atoms with Gasteiger partial charge in [0.25, 0.3) is 0 Å². The minimum absolute atomic E-state index is 0.0580. The Labute approximate surface area is 119 Å². The van der Waals surface area contributed by atoms with Crippen LogP contribution in [0.4, 0.5) is 5.95 Å². The quantitative estimate of drug-likeness (QED) is 0.842. The fourth-order valence-electron chi connectivity index (χ4n) is 1.91. The maximum atomic E-state index is 5.87. The molecular weight excluding hydrogens is 254 g/mol. The molecular formula is C15H21N3O2. The predicted molar refractivity (Wildman–Crippen MR) is 80.3 cm³/mol. The fourth-order valence-corrected chi connectivity index (χ4v) is 1.91. The molecule has 0 fully saturated rings. The molecule has 1 N–H and O–H groups in total. The smallest absolute Gasteiger partial charge is 0.226 e. The van der Waals surface area contributed by atoms with Crippen molar-refractivity contribution in [3.05, 3.63) is 24.3 Å². The first kappa shape index (κ1) is 14.5. The summed E-state index contributed by atoms with van der Waals surface area (Å²) in [6.07, 6.45) is 0.962. The van der Waals surface area contributed by atoms with E-state index in [2.05, 4.69) is 22.2 Å². The molecule has 0 bridgehead atoms. The van der Waals surface area contributed by atoms with Crippen LogP contribution >= 0.6 is 0 Å². The lowest BCUT2D eigenvalue weighted by atomic mass is 10.2. The van der Waals surface area contributed by atoms with E-state index in [9.17, 15) is 0 Å². The van der Waals surface area contributed by atoms with E-state index in [1.165, 1.54) is 0 Å². The van der Waals surface area contributed by atoms with E-state index in [4.69, 9.17) is 9.47 Å². The van der Waals surface area contributed by atoms with E-state index in [0.29, 0.717) is 18.4 Å². The number of benzene rings is 1. The monoisotopic (exact) mass is 275 g/mol. The van der Waals surface area contributed by atoms with E-state index >= 15 is 0 Å². The number of ether oxygens (including phenoxy) is 2. The standard InChI is InChI=1S/C15H21N3O2/c1-4-9-16-15-17-13-8-6-5-7-12(13)14(18-15)20-11(2)10-19-3/h5-8,11H,4,9-10H2,1-3H3,(H,16,17,18). The average Bonchev–Trinajstić information content (AvgIpc) is 2.45. The summed E-state index contributed by atoms with van der Waals surface area (Å²) in [7, 11) is 1.66. The summed E-state index contributed by atoms with van der Waals surface area (Å²) in [5.74, 6) is 1.20. The Kier molecular flexibility index (Phi) is 5.12. The maximum Gasteiger partial charge on any atom is 0.226 e. The number of fused-ring (bicyclic) bond motifs is 1. The Balaban J connectivity index is 2.33. The number of rotatable bonds is 7. The summed E-state index contributed by atoms with van der Waals surface area (Å²) in [5, 5.41) is 4.11. The molecule has 0 amide bonds. The third-order valence-electron chi connectivity index (χ3n) is 2.82. The first-order chi connectivity index (χ1) is 9.74. The minimum Gasteiger partial charge on any atom is -0.472 e. The van der Waals surface area contributed by atoms with Crippen LogP contribution in [-0.4, -0.2) is 36.3 Å². The molecule has 20 heavy (non-hydrogen) atoms. The summed E-state index contributed by atoms with van der Waals surface area (Å²) >= 11 is 0. The summed E-state index contributed by atoms with van der Waals surface area (Å²) in [4.78, 5) is 8.95. The second kappa shape index (κ2) is 7.05. The van der Waals surface area contributed by atoms with Crippen LogP contribution < -0.4 is 10.1 Å². The van der Waals surface area contributed by atoms with Gasteiger partial charge in [0.1, 0.15) is 6.10 Å². The Bertz CT molecular complexity index is 560. The van der Waals surface area contributed by atoms with Gasteiger partial charge in [-0.1, -0.05) is 19.1 Å². The van der Waals surface area contributed by atoms with Crippen molar-refractivity contribution in [1.29, 1.82) is 0 Å². The molecule has 2 aromatic rings. The lowest BCUT2D eigenvalue weighted by Gasteiger charge is -2.15. The van der Waals surface area contributed by atoms with E-state index in [1.54, 1.807) is 7.11 Å². The second-order valence-corrected chi connectivity index (χ2v) is 4.68. The molecule has 1 heterocycles. The van der Waals surface area contributed by atoms with Crippen LogP contribution in [0.5, 0.6) is 5.88 Å². The number of hydrogen-bond acceptors (Lipinski definition) is 5. The number of methoxy groups -OCH3 is 1. The molecule has 2 rings (SSSR count). The number of hydrogen-bond donors (Lipinski definition) is 1. The zero-order chi connectivity index (χ0) is 14.4. The Morgan fingerprint density at radius 2 is 2.05 bits per heavy atom. The van der Waals surface area contributed by atoms with Crippen LogP contribution in [0.2, 0.25) is 0 Å². The highest BCUT2D eigenvalue weighted by Gasteiger charge is 2.11. The van der Waals surface area contributed by atoms with Gasteiger partial charge in [0.15, 0.2) is 0 Å². The number of nitrogens with one attached hydrogen (secondary N) is 1. The topological polar surface area (TPSA) is 56.3 Å². The van der Waals surface area contributed by atoms with E-state index in [0.717, 1.165) is 23.9 Å². The summed E-state index contributed by atoms with van der Waals surface area (Å²) in [5.41, 5.74) is 0.876. The number of nitrogens with zero attached hydrogens (tertiary/aromatic N) is 2. The predicted octanol–water partition coefficient (Wildman–Crippen LogP) is 2.87. The molecule has 1 atom stereocenters. The van der Waals surface area contributed by atoms with Crippen LogP contribution in [0.3, 0.4) is 0 Å². The van der Waals surface area contributed by atoms with Crippen LogP contribution in [0, 0.1) is 0 Å². The van der Waals surface area contributed by atoms with Crippen molar-refractivity contribution in [2.45, 2.75) is 26.4 Å². The van der Waals surface area contributed by atoms with Gasteiger partial charge in [-0.3, -0.25) is 0 Å². The minimum atomic E-state index is -0.0580. The largest absolute Gasteiger partial charge is 0.472 e. The first-order valence-corrected chi connectivity index (χ1v) is 6.90. The zero-order valence-corrected chi connectivity index (χ0v) is 12.2. The maximum absolute atomic E-state index is 5.87. The SMILES string of the molecule is CCCNc1nc(OC(C)COC)c2ccccc2n1. The molecule has 0 spiro atoms.